The van der Waals surface area contributed by atoms with Crippen LogP contribution in [0.5, 0.6) is 5.95 Å². The fourth-order valence-corrected chi connectivity index (χ4v) is 3.74. The van der Waals surface area contributed by atoms with Gasteiger partial charge in [0.15, 0.2) is 0 Å². The molecule has 2 aromatic carbocycles. The van der Waals surface area contributed by atoms with Gasteiger partial charge in [-0.05, 0) is 42.3 Å². The van der Waals surface area contributed by atoms with Crippen molar-refractivity contribution in [2.45, 2.75) is 13.5 Å². The van der Waals surface area contributed by atoms with Gasteiger partial charge in [-0.25, -0.2) is 9.18 Å². The maximum atomic E-state index is 13.4. The molecule has 0 atom stereocenters. The molecule has 1 aliphatic rings. The summed E-state index contributed by atoms with van der Waals surface area (Å²) >= 11 is 0. The Kier molecular flexibility index (Phi) is 4.92. The van der Waals surface area contributed by atoms with E-state index in [0.717, 1.165) is 54.9 Å². The lowest BCUT2D eigenvalue weighted by Crippen LogP contribution is -2.46. The molecule has 7 heteroatoms. The molecule has 146 valence electrons. The molecule has 0 unspecified atom stereocenters. The summed E-state index contributed by atoms with van der Waals surface area (Å²) in [6.07, 6.45) is -1.40. The zero-order valence-corrected chi connectivity index (χ0v) is 15.5. The number of hydrogen-bond acceptors (Lipinski definition) is 5. The van der Waals surface area contributed by atoms with Crippen LogP contribution in [-0.2, 0) is 6.54 Å². The molecule has 0 spiro atoms. The summed E-state index contributed by atoms with van der Waals surface area (Å²) in [6, 6.07) is 12.2. The Bertz CT molecular complexity index is 1010. The Balaban J connectivity index is 1.46. The molecule has 3 aromatic rings. The summed E-state index contributed by atoms with van der Waals surface area (Å²) in [6.45, 7) is 6.22. The number of rotatable bonds is 4. The van der Waals surface area contributed by atoms with Gasteiger partial charge in [0, 0.05) is 49.9 Å². The minimum absolute atomic E-state index is 0.0253. The molecule has 4 rings (SSSR count). The molecule has 0 aliphatic carbocycles. The van der Waals surface area contributed by atoms with E-state index in [4.69, 9.17) is 9.52 Å². The first-order valence-electron chi connectivity index (χ1n) is 9.15. The van der Waals surface area contributed by atoms with E-state index in [9.17, 15) is 9.18 Å². The van der Waals surface area contributed by atoms with Crippen molar-refractivity contribution >= 4 is 22.8 Å². The molecule has 2 heterocycles. The Morgan fingerprint density at radius 2 is 1.96 bits per heavy atom. The van der Waals surface area contributed by atoms with Crippen LogP contribution in [0.3, 0.4) is 0 Å². The van der Waals surface area contributed by atoms with E-state index in [1.807, 2.05) is 25.1 Å². The Morgan fingerprint density at radius 1 is 1.18 bits per heavy atom. The van der Waals surface area contributed by atoms with Gasteiger partial charge in [0.05, 0.1) is 0 Å². The second-order valence-corrected chi connectivity index (χ2v) is 6.95. The van der Waals surface area contributed by atoms with Gasteiger partial charge in [0.1, 0.15) is 11.4 Å². The van der Waals surface area contributed by atoms with Crippen molar-refractivity contribution in [3.05, 3.63) is 59.4 Å². The van der Waals surface area contributed by atoms with Gasteiger partial charge < -0.3 is 19.2 Å². The van der Waals surface area contributed by atoms with Gasteiger partial charge in [-0.15, -0.1) is 0 Å². The van der Waals surface area contributed by atoms with Crippen LogP contribution < -0.4 is 9.64 Å². The van der Waals surface area contributed by atoms with Crippen LogP contribution in [-0.4, -0.2) is 42.3 Å². The third-order valence-corrected chi connectivity index (χ3v) is 5.12. The van der Waals surface area contributed by atoms with E-state index in [1.54, 1.807) is 18.2 Å². The molecule has 0 bridgehead atoms. The summed E-state index contributed by atoms with van der Waals surface area (Å²) in [5.41, 5.74) is 3.71. The van der Waals surface area contributed by atoms with Crippen LogP contribution in [0, 0.1) is 12.7 Å². The quantitative estimate of drug-likeness (QED) is 0.678. The highest BCUT2D eigenvalue weighted by molar-refractivity contribution is 5.88. The predicted octanol–water partition coefficient (Wildman–Crippen LogP) is 4.26. The van der Waals surface area contributed by atoms with Crippen LogP contribution in [0.15, 0.2) is 46.9 Å². The van der Waals surface area contributed by atoms with Gasteiger partial charge >= 0.3 is 6.16 Å². The lowest BCUT2D eigenvalue weighted by molar-refractivity contribution is 0.134. The molecule has 6 nitrogen and oxygen atoms in total. The molecule has 1 fully saturated rings. The number of benzene rings is 2. The minimum Gasteiger partial charge on any atom is -0.449 e. The number of hydrogen-bond donors (Lipinski definition) is 1. The molecule has 0 amide bonds. The van der Waals surface area contributed by atoms with Crippen LogP contribution in [0.4, 0.5) is 14.9 Å². The Hall–Kier alpha value is -3.06. The second-order valence-electron chi connectivity index (χ2n) is 6.95. The summed E-state index contributed by atoms with van der Waals surface area (Å²) in [5, 5.41) is 9.59. The second kappa shape index (κ2) is 7.52. The number of carboxylic acid groups (broad SMARTS) is 1. The highest BCUT2D eigenvalue weighted by Gasteiger charge is 2.20. The number of nitrogens with zero attached hydrogens (tertiary/aromatic N) is 2. The van der Waals surface area contributed by atoms with Gasteiger partial charge in [-0.2, -0.15) is 0 Å². The van der Waals surface area contributed by atoms with E-state index < -0.39 is 6.16 Å². The third-order valence-electron chi connectivity index (χ3n) is 5.12. The van der Waals surface area contributed by atoms with Crippen molar-refractivity contribution in [1.29, 1.82) is 0 Å². The molecular weight excluding hydrogens is 363 g/mol. The summed E-state index contributed by atoms with van der Waals surface area (Å²) in [7, 11) is 0. The molecule has 1 saturated heterocycles. The number of carbonyl (C=O) groups is 1. The van der Waals surface area contributed by atoms with Gasteiger partial charge in [-0.1, -0.05) is 12.1 Å². The molecule has 0 saturated carbocycles. The average molecular weight is 384 g/mol. The highest BCUT2D eigenvalue weighted by atomic mass is 19.1. The molecule has 1 aliphatic heterocycles. The van der Waals surface area contributed by atoms with Crippen molar-refractivity contribution in [2.75, 3.05) is 31.1 Å². The minimum atomic E-state index is -1.40. The number of aryl methyl sites for hydroxylation is 1. The van der Waals surface area contributed by atoms with E-state index in [2.05, 4.69) is 14.5 Å². The zero-order chi connectivity index (χ0) is 19.7. The number of ether oxygens (including phenoxy) is 1. The van der Waals surface area contributed by atoms with Crippen LogP contribution in [0.25, 0.3) is 11.0 Å². The monoisotopic (exact) mass is 384 g/mol. The van der Waals surface area contributed by atoms with Crippen LogP contribution in [0.1, 0.15) is 11.1 Å². The Labute approximate surface area is 161 Å². The highest BCUT2D eigenvalue weighted by Crippen LogP contribution is 2.33. The molecule has 1 N–H and O–H groups in total. The van der Waals surface area contributed by atoms with E-state index in [0.29, 0.717) is 5.58 Å². The van der Waals surface area contributed by atoms with Crippen molar-refractivity contribution in [3.63, 3.8) is 0 Å². The predicted molar refractivity (Wildman–Crippen MR) is 103 cm³/mol. The van der Waals surface area contributed by atoms with Crippen molar-refractivity contribution < 1.29 is 23.4 Å². The van der Waals surface area contributed by atoms with Crippen LogP contribution in [0.2, 0.25) is 0 Å². The van der Waals surface area contributed by atoms with Crippen molar-refractivity contribution in [3.8, 4) is 5.95 Å². The average Bonchev–Trinajstić information content (AvgIpc) is 3.06. The molecule has 1 aromatic heterocycles. The first kappa shape index (κ1) is 18.3. The van der Waals surface area contributed by atoms with Crippen LogP contribution >= 0.6 is 0 Å². The number of halogens is 1. The maximum Gasteiger partial charge on any atom is 0.513 e. The number of anilines is 1. The zero-order valence-electron chi connectivity index (χ0n) is 15.5. The van der Waals surface area contributed by atoms with E-state index in [-0.39, 0.29) is 11.8 Å². The van der Waals surface area contributed by atoms with E-state index in [1.165, 1.54) is 6.07 Å². The lowest BCUT2D eigenvalue weighted by Gasteiger charge is -2.37. The third kappa shape index (κ3) is 3.80. The summed E-state index contributed by atoms with van der Waals surface area (Å²) in [4.78, 5) is 15.3. The standard InChI is InChI=1S/C21H21FN2O4/c1-14-17-12-20(28-21(25)26)27-19(17)6-5-18(14)24-9-7-23(8-10-24)13-15-3-2-4-16(22)11-15/h2-6,11-12H,7-10,13H2,1H3,(H,25,26). The summed E-state index contributed by atoms with van der Waals surface area (Å²) < 4.78 is 23.4. The van der Waals surface area contributed by atoms with Crippen molar-refractivity contribution in [1.82, 2.24) is 4.90 Å². The smallest absolute Gasteiger partial charge is 0.449 e. The van der Waals surface area contributed by atoms with Gasteiger partial charge in [0.25, 0.3) is 5.95 Å². The largest absolute Gasteiger partial charge is 0.513 e. The first-order valence-corrected chi connectivity index (χ1v) is 9.15. The first-order chi connectivity index (χ1) is 13.5. The number of furan rings is 1. The number of piperazine rings is 1. The normalized spacial score (nSPS) is 15.1. The van der Waals surface area contributed by atoms with E-state index >= 15 is 0 Å². The SMILES string of the molecule is Cc1c(N2CCN(Cc3cccc(F)c3)CC2)ccc2oc(OC(=O)O)cc12. The topological polar surface area (TPSA) is 66.2 Å². The van der Waals surface area contributed by atoms with Gasteiger partial charge in [0.2, 0.25) is 0 Å². The van der Waals surface area contributed by atoms with Gasteiger partial charge in [-0.3, -0.25) is 4.90 Å². The maximum absolute atomic E-state index is 13.4. The van der Waals surface area contributed by atoms with Crippen molar-refractivity contribution in [2.24, 2.45) is 0 Å². The summed E-state index contributed by atoms with van der Waals surface area (Å²) in [5.74, 6) is -0.228. The molecular formula is C21H21FN2O4. The lowest BCUT2D eigenvalue weighted by atomic mass is 10.1. The fourth-order valence-electron chi connectivity index (χ4n) is 3.74. The fraction of sp³-hybridized carbons (Fsp3) is 0.286. The molecule has 0 radical (unpaired) electrons. The molecule has 28 heavy (non-hydrogen) atoms. The number of fused-ring (bicyclic) bond motifs is 1. The Morgan fingerprint density at radius 3 is 2.68 bits per heavy atom.